The fourth-order valence-electron chi connectivity index (χ4n) is 2.42. The molecule has 0 bridgehead atoms. The lowest BCUT2D eigenvalue weighted by molar-refractivity contribution is 0.899. The van der Waals surface area contributed by atoms with Gasteiger partial charge in [0.2, 0.25) is 11.9 Å². The maximum Gasteiger partial charge on any atom is 0.233 e. The molecule has 0 aliphatic carbocycles. The van der Waals surface area contributed by atoms with Gasteiger partial charge in [-0.3, -0.25) is 0 Å². The van der Waals surface area contributed by atoms with Crippen LogP contribution in [0.5, 0.6) is 0 Å². The van der Waals surface area contributed by atoms with Crippen LogP contribution in [0.3, 0.4) is 0 Å². The van der Waals surface area contributed by atoms with Crippen LogP contribution >= 0.6 is 11.6 Å². The maximum atomic E-state index is 5.92. The van der Waals surface area contributed by atoms with Gasteiger partial charge in [-0.1, -0.05) is 41.9 Å². The molecule has 0 fully saturated rings. The summed E-state index contributed by atoms with van der Waals surface area (Å²) >= 11 is 5.92. The molecule has 7 heteroatoms. The first-order valence-electron chi connectivity index (χ1n) is 7.80. The van der Waals surface area contributed by atoms with Crippen molar-refractivity contribution >= 4 is 34.8 Å². The third-order valence-corrected chi connectivity index (χ3v) is 3.90. The van der Waals surface area contributed by atoms with Gasteiger partial charge in [0, 0.05) is 23.3 Å². The van der Waals surface area contributed by atoms with E-state index in [1.54, 1.807) is 10.7 Å². The van der Waals surface area contributed by atoms with Crippen molar-refractivity contribution in [1.29, 1.82) is 0 Å². The Morgan fingerprint density at radius 1 is 0.920 bits per heavy atom. The Labute approximate surface area is 149 Å². The smallest absolute Gasteiger partial charge is 0.233 e. The van der Waals surface area contributed by atoms with E-state index in [2.05, 4.69) is 25.7 Å². The summed E-state index contributed by atoms with van der Waals surface area (Å²) < 4.78 is 1.67. The van der Waals surface area contributed by atoms with Crippen LogP contribution in [0, 0.1) is 0 Å². The van der Waals surface area contributed by atoms with E-state index < -0.39 is 0 Å². The number of nitrogens with zero attached hydrogens (tertiary/aromatic N) is 4. The predicted molar refractivity (Wildman–Crippen MR) is 99.3 cm³/mol. The molecular formula is C18H15ClN6. The average Bonchev–Trinajstić information content (AvgIpc) is 3.11. The van der Waals surface area contributed by atoms with Crippen molar-refractivity contribution in [2.45, 2.75) is 6.54 Å². The highest BCUT2D eigenvalue weighted by Crippen LogP contribution is 2.17. The first-order valence-corrected chi connectivity index (χ1v) is 8.18. The van der Waals surface area contributed by atoms with Crippen molar-refractivity contribution in [3.8, 4) is 0 Å². The lowest BCUT2D eigenvalue weighted by Gasteiger charge is -2.10. The Balaban J connectivity index is 1.60. The molecule has 2 heterocycles. The summed E-state index contributed by atoms with van der Waals surface area (Å²) in [6, 6.07) is 19.3. The van der Waals surface area contributed by atoms with Crippen molar-refractivity contribution in [3.63, 3.8) is 0 Å². The van der Waals surface area contributed by atoms with Crippen LogP contribution in [0.2, 0.25) is 5.02 Å². The number of halogens is 1. The quantitative estimate of drug-likeness (QED) is 0.566. The number of aromatic nitrogens is 4. The van der Waals surface area contributed by atoms with Crippen LogP contribution < -0.4 is 10.6 Å². The van der Waals surface area contributed by atoms with Gasteiger partial charge in [0.25, 0.3) is 0 Å². The van der Waals surface area contributed by atoms with Crippen molar-refractivity contribution in [3.05, 3.63) is 77.4 Å². The highest BCUT2D eigenvalue weighted by atomic mass is 35.5. The molecule has 4 aromatic rings. The summed E-state index contributed by atoms with van der Waals surface area (Å²) in [5.74, 6) is 1.13. The fraction of sp³-hybridized carbons (Fsp3) is 0.0556. The highest BCUT2D eigenvalue weighted by Gasteiger charge is 2.08. The predicted octanol–water partition coefficient (Wildman–Crippen LogP) is 4.13. The third kappa shape index (κ3) is 3.54. The Kier molecular flexibility index (Phi) is 4.18. The van der Waals surface area contributed by atoms with E-state index in [0.717, 1.165) is 16.3 Å². The molecule has 124 valence electrons. The second-order valence-electron chi connectivity index (χ2n) is 5.44. The molecule has 0 unspecified atom stereocenters. The van der Waals surface area contributed by atoms with Gasteiger partial charge in [0.1, 0.15) is 0 Å². The number of benzene rings is 2. The van der Waals surface area contributed by atoms with Crippen LogP contribution in [-0.4, -0.2) is 19.6 Å². The number of rotatable bonds is 5. The Hall–Kier alpha value is -3.12. The van der Waals surface area contributed by atoms with Gasteiger partial charge in [0.15, 0.2) is 5.65 Å². The SMILES string of the molecule is Clc1ccc(CNc2nc(Nc3ccccc3)n3nccc3n2)cc1. The van der Waals surface area contributed by atoms with Crippen molar-refractivity contribution < 1.29 is 0 Å². The van der Waals surface area contributed by atoms with Gasteiger partial charge < -0.3 is 10.6 Å². The zero-order valence-corrected chi connectivity index (χ0v) is 14.0. The summed E-state index contributed by atoms with van der Waals surface area (Å²) in [5, 5.41) is 11.5. The Morgan fingerprint density at radius 3 is 2.52 bits per heavy atom. The van der Waals surface area contributed by atoms with Crippen LogP contribution in [-0.2, 0) is 6.54 Å². The summed E-state index contributed by atoms with van der Waals surface area (Å²) in [6.07, 6.45) is 1.70. The Bertz CT molecular complexity index is 982. The van der Waals surface area contributed by atoms with E-state index in [4.69, 9.17) is 11.6 Å². The fourth-order valence-corrected chi connectivity index (χ4v) is 2.55. The van der Waals surface area contributed by atoms with E-state index in [9.17, 15) is 0 Å². The Morgan fingerprint density at radius 2 is 1.72 bits per heavy atom. The van der Waals surface area contributed by atoms with E-state index in [0.29, 0.717) is 24.1 Å². The number of anilines is 3. The minimum absolute atomic E-state index is 0.529. The van der Waals surface area contributed by atoms with Crippen molar-refractivity contribution in [2.24, 2.45) is 0 Å². The molecule has 0 atom stereocenters. The van der Waals surface area contributed by atoms with Crippen molar-refractivity contribution in [2.75, 3.05) is 10.6 Å². The topological polar surface area (TPSA) is 67.1 Å². The molecule has 0 spiro atoms. The standard InChI is InChI=1S/C18H15ClN6/c19-14-8-6-13(7-9-14)12-20-17-23-16-10-11-21-25(16)18(24-17)22-15-4-2-1-3-5-15/h1-11H,12H2,(H2,20,22,23,24). The number of fused-ring (bicyclic) bond motifs is 1. The minimum atomic E-state index is 0.529. The summed E-state index contributed by atoms with van der Waals surface area (Å²) in [6.45, 7) is 0.603. The van der Waals surface area contributed by atoms with Gasteiger partial charge >= 0.3 is 0 Å². The van der Waals surface area contributed by atoms with E-state index >= 15 is 0 Å². The second kappa shape index (κ2) is 6.78. The van der Waals surface area contributed by atoms with Gasteiger partial charge in [0.05, 0.1) is 6.20 Å². The highest BCUT2D eigenvalue weighted by molar-refractivity contribution is 6.30. The van der Waals surface area contributed by atoms with Gasteiger partial charge in [-0.15, -0.1) is 0 Å². The van der Waals surface area contributed by atoms with Crippen molar-refractivity contribution in [1.82, 2.24) is 19.6 Å². The molecule has 0 aliphatic heterocycles. The normalized spacial score (nSPS) is 10.8. The molecule has 0 radical (unpaired) electrons. The van der Waals surface area contributed by atoms with E-state index in [-0.39, 0.29) is 0 Å². The largest absolute Gasteiger partial charge is 0.350 e. The minimum Gasteiger partial charge on any atom is -0.350 e. The van der Waals surface area contributed by atoms with E-state index in [1.165, 1.54) is 0 Å². The van der Waals surface area contributed by atoms with Gasteiger partial charge in [-0.2, -0.15) is 19.6 Å². The van der Waals surface area contributed by atoms with Crippen LogP contribution in [0.1, 0.15) is 5.56 Å². The zero-order valence-electron chi connectivity index (χ0n) is 13.2. The van der Waals surface area contributed by atoms with Crippen LogP contribution in [0.25, 0.3) is 5.65 Å². The second-order valence-corrected chi connectivity index (χ2v) is 5.88. The molecule has 2 aromatic heterocycles. The number of hydrogen-bond acceptors (Lipinski definition) is 5. The monoisotopic (exact) mass is 350 g/mol. The van der Waals surface area contributed by atoms with E-state index in [1.807, 2.05) is 60.7 Å². The zero-order chi connectivity index (χ0) is 17.1. The molecule has 0 aliphatic rings. The van der Waals surface area contributed by atoms with Gasteiger partial charge in [-0.05, 0) is 29.8 Å². The molecule has 0 saturated carbocycles. The lowest BCUT2D eigenvalue weighted by atomic mass is 10.2. The maximum absolute atomic E-state index is 5.92. The summed E-state index contributed by atoms with van der Waals surface area (Å²) in [7, 11) is 0. The van der Waals surface area contributed by atoms with Crippen LogP contribution in [0.4, 0.5) is 17.6 Å². The summed E-state index contributed by atoms with van der Waals surface area (Å²) in [5.41, 5.74) is 2.74. The number of para-hydroxylation sites is 1. The molecule has 4 rings (SSSR count). The first kappa shape index (κ1) is 15.4. The average molecular weight is 351 g/mol. The first-order chi connectivity index (χ1) is 12.3. The van der Waals surface area contributed by atoms with Gasteiger partial charge in [-0.25, -0.2) is 0 Å². The molecular weight excluding hydrogens is 336 g/mol. The number of nitrogens with one attached hydrogen (secondary N) is 2. The molecule has 2 aromatic carbocycles. The lowest BCUT2D eigenvalue weighted by Crippen LogP contribution is -2.09. The molecule has 25 heavy (non-hydrogen) atoms. The number of hydrogen-bond donors (Lipinski definition) is 2. The summed E-state index contributed by atoms with van der Waals surface area (Å²) in [4.78, 5) is 9.02. The third-order valence-electron chi connectivity index (χ3n) is 3.65. The van der Waals surface area contributed by atoms with Crippen LogP contribution in [0.15, 0.2) is 66.9 Å². The molecule has 0 saturated heterocycles. The molecule has 0 amide bonds. The molecule has 2 N–H and O–H groups in total. The molecule has 6 nitrogen and oxygen atoms in total.